The number of benzene rings is 1. The van der Waals surface area contributed by atoms with Crippen molar-refractivity contribution >= 4 is 16.9 Å². The lowest BCUT2D eigenvalue weighted by molar-refractivity contribution is 0.0927. The average molecular weight is 470 g/mol. The van der Waals surface area contributed by atoms with Crippen molar-refractivity contribution in [2.24, 2.45) is 5.92 Å². The van der Waals surface area contributed by atoms with E-state index in [1.54, 1.807) is 27.7 Å². The highest BCUT2D eigenvalue weighted by Crippen LogP contribution is 2.32. The number of unbranched alkanes of at least 4 members (excludes halogenated alkanes) is 1. The minimum Gasteiger partial charge on any atom is -0.491 e. The summed E-state index contributed by atoms with van der Waals surface area (Å²) in [6, 6.07) is 5.46. The van der Waals surface area contributed by atoms with E-state index in [2.05, 4.69) is 17.2 Å². The molecular formula is C25H35N5O4. The maximum absolute atomic E-state index is 13.7. The number of amides is 1. The van der Waals surface area contributed by atoms with E-state index in [-0.39, 0.29) is 18.0 Å². The highest BCUT2D eigenvalue weighted by Gasteiger charge is 2.30. The number of nitrogens with zero attached hydrogens (tertiary/aromatic N) is 5. The molecule has 0 aliphatic heterocycles. The van der Waals surface area contributed by atoms with Gasteiger partial charge in [0.2, 0.25) is 0 Å². The van der Waals surface area contributed by atoms with Crippen LogP contribution in [0.15, 0.2) is 35.4 Å². The molecule has 3 rings (SSSR count). The van der Waals surface area contributed by atoms with E-state index < -0.39 is 11.6 Å². The highest BCUT2D eigenvalue weighted by atomic mass is 16.5. The molecule has 0 aliphatic carbocycles. The fraction of sp³-hybridized carbons (Fsp3) is 0.520. The van der Waals surface area contributed by atoms with Crippen LogP contribution in [-0.2, 0) is 13.1 Å². The molecule has 184 valence electrons. The molecule has 0 unspecified atom stereocenters. The summed E-state index contributed by atoms with van der Waals surface area (Å²) in [5, 5.41) is 19.1. The molecule has 0 atom stereocenters. The first-order valence-electron chi connectivity index (χ1n) is 11.7. The van der Waals surface area contributed by atoms with Crippen LogP contribution >= 0.6 is 0 Å². The number of pyridine rings is 1. The van der Waals surface area contributed by atoms with Crippen molar-refractivity contribution in [3.05, 3.63) is 46.6 Å². The van der Waals surface area contributed by atoms with E-state index in [9.17, 15) is 14.7 Å². The van der Waals surface area contributed by atoms with E-state index in [0.717, 1.165) is 18.5 Å². The second-order valence-electron chi connectivity index (χ2n) is 9.90. The van der Waals surface area contributed by atoms with Gasteiger partial charge >= 0.3 is 6.09 Å². The predicted molar refractivity (Wildman–Crippen MR) is 132 cm³/mol. The Hall–Kier alpha value is -3.36. The molecule has 9 nitrogen and oxygen atoms in total. The highest BCUT2D eigenvalue weighted by molar-refractivity contribution is 5.90. The second kappa shape index (κ2) is 10.3. The van der Waals surface area contributed by atoms with Crippen LogP contribution in [0.1, 0.15) is 60.1 Å². The summed E-state index contributed by atoms with van der Waals surface area (Å²) in [6.45, 7) is 12.6. The molecule has 3 aromatic rings. The van der Waals surface area contributed by atoms with Gasteiger partial charge in [-0.3, -0.25) is 9.69 Å². The van der Waals surface area contributed by atoms with Crippen LogP contribution in [0.5, 0.6) is 5.75 Å². The van der Waals surface area contributed by atoms with E-state index in [0.29, 0.717) is 35.4 Å². The molecule has 1 aromatic carbocycles. The number of carbonyl (C=O) groups is 1. The normalized spacial score (nSPS) is 11.9. The zero-order valence-corrected chi connectivity index (χ0v) is 20.9. The number of rotatable bonds is 9. The van der Waals surface area contributed by atoms with Crippen molar-refractivity contribution < 1.29 is 14.6 Å². The Morgan fingerprint density at radius 1 is 1.24 bits per heavy atom. The van der Waals surface area contributed by atoms with Crippen molar-refractivity contribution in [1.29, 1.82) is 0 Å². The van der Waals surface area contributed by atoms with Gasteiger partial charge in [-0.25, -0.2) is 9.48 Å². The summed E-state index contributed by atoms with van der Waals surface area (Å²) in [4.78, 5) is 27.2. The van der Waals surface area contributed by atoms with Gasteiger partial charge in [0.25, 0.3) is 5.56 Å². The summed E-state index contributed by atoms with van der Waals surface area (Å²) in [7, 11) is 0. The van der Waals surface area contributed by atoms with Crippen molar-refractivity contribution in [3.8, 4) is 11.4 Å². The minimum atomic E-state index is -1.05. The lowest BCUT2D eigenvalue weighted by Gasteiger charge is -2.34. The quantitative estimate of drug-likeness (QED) is 0.456. The van der Waals surface area contributed by atoms with Gasteiger partial charge in [0.05, 0.1) is 42.3 Å². The molecule has 1 amide bonds. The minimum absolute atomic E-state index is 0.0335. The smallest absolute Gasteiger partial charge is 0.408 e. The first-order valence-corrected chi connectivity index (χ1v) is 11.7. The maximum Gasteiger partial charge on any atom is 0.408 e. The molecule has 0 fully saturated rings. The van der Waals surface area contributed by atoms with E-state index in [4.69, 9.17) is 4.74 Å². The van der Waals surface area contributed by atoms with Crippen LogP contribution in [0.2, 0.25) is 0 Å². The van der Waals surface area contributed by atoms with Crippen LogP contribution < -0.4 is 10.3 Å². The predicted octanol–water partition coefficient (Wildman–Crippen LogP) is 4.70. The molecular weight excluding hydrogens is 434 g/mol. The van der Waals surface area contributed by atoms with Crippen molar-refractivity contribution in [2.75, 3.05) is 6.61 Å². The Morgan fingerprint density at radius 2 is 1.97 bits per heavy atom. The summed E-state index contributed by atoms with van der Waals surface area (Å²) < 4.78 is 9.61. The fourth-order valence-electron chi connectivity index (χ4n) is 3.88. The lowest BCUT2D eigenvalue weighted by Crippen LogP contribution is -2.45. The Labute approximate surface area is 199 Å². The van der Waals surface area contributed by atoms with Gasteiger partial charge in [0.15, 0.2) is 0 Å². The first-order chi connectivity index (χ1) is 16.0. The van der Waals surface area contributed by atoms with Gasteiger partial charge in [-0.15, -0.1) is 5.10 Å². The lowest BCUT2D eigenvalue weighted by atomic mass is 10.0. The first kappa shape index (κ1) is 25.3. The van der Waals surface area contributed by atoms with Gasteiger partial charge in [0.1, 0.15) is 5.75 Å². The Bertz CT molecular complexity index is 1190. The fourth-order valence-corrected chi connectivity index (χ4v) is 3.88. The summed E-state index contributed by atoms with van der Waals surface area (Å²) >= 11 is 0. The third kappa shape index (κ3) is 5.40. The van der Waals surface area contributed by atoms with Gasteiger partial charge in [-0.05, 0) is 51.3 Å². The molecule has 0 bridgehead atoms. The monoisotopic (exact) mass is 469 g/mol. The number of aromatic nitrogens is 4. The van der Waals surface area contributed by atoms with Crippen LogP contribution in [0.4, 0.5) is 4.79 Å². The number of hydrogen-bond acceptors (Lipinski definition) is 5. The zero-order chi connectivity index (χ0) is 25.0. The molecule has 9 heteroatoms. The summed E-state index contributed by atoms with van der Waals surface area (Å²) in [5.74, 6) is 0.723. The number of fused-ring (bicyclic) bond motifs is 1. The van der Waals surface area contributed by atoms with Gasteiger partial charge in [0, 0.05) is 17.5 Å². The van der Waals surface area contributed by atoms with Gasteiger partial charge in [-0.1, -0.05) is 32.4 Å². The van der Waals surface area contributed by atoms with Crippen LogP contribution in [-0.4, -0.2) is 47.8 Å². The van der Waals surface area contributed by atoms with Crippen molar-refractivity contribution in [2.45, 2.75) is 73.0 Å². The number of ether oxygens (including phenoxy) is 1. The van der Waals surface area contributed by atoms with Crippen molar-refractivity contribution in [1.82, 2.24) is 24.5 Å². The van der Waals surface area contributed by atoms with Gasteiger partial charge < -0.3 is 14.4 Å². The molecule has 1 N–H and O–H groups in total. The molecule has 0 radical (unpaired) electrons. The third-order valence-electron chi connectivity index (χ3n) is 5.64. The summed E-state index contributed by atoms with van der Waals surface area (Å²) in [5.41, 5.74) is 0.479. The molecule has 2 heterocycles. The van der Waals surface area contributed by atoms with E-state index >= 15 is 0 Å². The molecule has 0 aliphatic rings. The van der Waals surface area contributed by atoms with E-state index in [1.807, 2.05) is 46.8 Å². The van der Waals surface area contributed by atoms with Gasteiger partial charge in [-0.2, -0.15) is 0 Å². The average Bonchev–Trinajstić information content (AvgIpc) is 3.29. The SMILES string of the molecule is CCCCOc1c(CN(C(=O)O)C(C)(C)C)n(CC(C)C)c(=O)c2ccc(-n3ccnn3)cc12. The van der Waals surface area contributed by atoms with Crippen LogP contribution in [0, 0.1) is 5.92 Å². The Balaban J connectivity index is 2.33. The maximum atomic E-state index is 13.7. The summed E-state index contributed by atoms with van der Waals surface area (Å²) in [6.07, 6.45) is 4.06. The Kier molecular flexibility index (Phi) is 7.64. The molecule has 34 heavy (non-hydrogen) atoms. The largest absolute Gasteiger partial charge is 0.491 e. The number of hydrogen-bond donors (Lipinski definition) is 1. The van der Waals surface area contributed by atoms with Crippen LogP contribution in [0.3, 0.4) is 0 Å². The molecule has 0 spiro atoms. The van der Waals surface area contributed by atoms with E-state index in [1.165, 1.54) is 4.90 Å². The standard InChI is InChI=1S/C25H35N5O4/c1-7-8-13-34-22-20-14-18(30-12-11-26-27-30)9-10-19(20)23(31)28(15-17(2)3)21(22)16-29(24(32)33)25(4,5)6/h9-12,14,17H,7-8,13,15-16H2,1-6H3,(H,32,33). The zero-order valence-electron chi connectivity index (χ0n) is 20.9. The topological polar surface area (TPSA) is 102 Å². The molecule has 0 saturated carbocycles. The number of carboxylic acid groups (broad SMARTS) is 1. The van der Waals surface area contributed by atoms with Crippen LogP contribution in [0.25, 0.3) is 16.5 Å². The molecule has 2 aromatic heterocycles. The Morgan fingerprint density at radius 3 is 2.53 bits per heavy atom. The molecule has 0 saturated heterocycles. The third-order valence-corrected chi connectivity index (χ3v) is 5.64. The second-order valence-corrected chi connectivity index (χ2v) is 9.90. The van der Waals surface area contributed by atoms with Crippen molar-refractivity contribution in [3.63, 3.8) is 0 Å².